The molecule has 30 heteroatoms. The van der Waals surface area contributed by atoms with Gasteiger partial charge in [0, 0.05) is 23.9 Å². The topological polar surface area (TPSA) is 178 Å². The van der Waals surface area contributed by atoms with Gasteiger partial charge in [-0.25, -0.2) is 9.13 Å². The van der Waals surface area contributed by atoms with Crippen LogP contribution in [0.5, 0.6) is 0 Å². The first-order valence-corrected chi connectivity index (χ1v) is 29.4. The number of rotatable bonds is 12. The van der Waals surface area contributed by atoms with Crippen LogP contribution in [0.25, 0.3) is 0 Å². The van der Waals surface area contributed by atoms with Crippen LogP contribution in [0, 0.1) is 0 Å². The molecule has 0 aliphatic carbocycles. The van der Waals surface area contributed by atoms with E-state index in [4.69, 9.17) is 39.6 Å². The van der Waals surface area contributed by atoms with Crippen molar-refractivity contribution >= 4 is 87.7 Å². The van der Waals surface area contributed by atoms with Crippen molar-refractivity contribution in [1.29, 1.82) is 0 Å². The SMILES string of the molecule is CC(=O)[O-].CC(=O)[O-].CC(=O)[O-].CC(=O)[O-].CCCCn1cc[n+](C)c1[PH+](c1ccccc1)c1ccccc1.CCCCn1cc[n+](C)c1[PH+](c1ccccc1)c1ccccc1.F[P-](F)(F)(F)(F)F.F[P-](F)(F)(F)(F)F.[Rh+2].[Rh+2]. The fourth-order valence-electron chi connectivity index (χ4n) is 5.98. The minimum absolute atomic E-state index is 0. The number of carbonyl (C=O) groups is 4. The molecule has 2 radical (unpaired) electrons. The molecule has 0 saturated heterocycles. The van der Waals surface area contributed by atoms with Gasteiger partial charge in [-0.2, -0.15) is 9.13 Å². The Balaban J connectivity index is -0.000000459. The zero-order chi connectivity index (χ0) is 59.3. The number of aromatic nitrogens is 4. The molecule has 0 saturated carbocycles. The number of hydrogen-bond donors (Lipinski definition) is 0. The zero-order valence-electron chi connectivity index (χ0n) is 43.3. The van der Waals surface area contributed by atoms with E-state index in [0.29, 0.717) is 0 Å². The van der Waals surface area contributed by atoms with Crippen LogP contribution < -0.4 is 61.9 Å². The Kier molecular flexibility index (Phi) is 35.2. The van der Waals surface area contributed by atoms with Crippen molar-refractivity contribution < 1.29 is 138 Å². The van der Waals surface area contributed by atoms with E-state index in [1.54, 1.807) is 0 Å². The molecule has 6 rings (SSSR count). The van der Waals surface area contributed by atoms with Crippen molar-refractivity contribution in [2.75, 3.05) is 0 Å². The first-order valence-electron chi connectivity index (χ1n) is 22.3. The molecule has 2 aromatic heterocycles. The van der Waals surface area contributed by atoms with Gasteiger partial charge in [0.25, 0.3) is 0 Å². The Morgan fingerprint density at radius 2 is 0.590 bits per heavy atom. The predicted molar refractivity (Wildman–Crippen MR) is 271 cm³/mol. The zero-order valence-corrected chi connectivity index (χ0v) is 50.3. The Morgan fingerprint density at radius 1 is 0.423 bits per heavy atom. The molecular weight excluding hydrogens is 1320 g/mol. The summed E-state index contributed by atoms with van der Waals surface area (Å²) < 4.78 is 128. The average molecular weight is 1380 g/mol. The molecule has 4 aromatic carbocycles. The van der Waals surface area contributed by atoms with Crippen molar-refractivity contribution in [2.45, 2.75) is 80.3 Å². The number of aliphatic carboxylic acids is 4. The van der Waals surface area contributed by atoms with Crippen molar-refractivity contribution in [2.24, 2.45) is 14.1 Å². The van der Waals surface area contributed by atoms with Crippen LogP contribution in [0.15, 0.2) is 146 Å². The summed E-state index contributed by atoms with van der Waals surface area (Å²) in [6.07, 6.45) is 13.8. The van der Waals surface area contributed by atoms with E-state index in [1.807, 2.05) is 0 Å². The molecule has 0 fully saturated rings. The number of halogens is 12. The van der Waals surface area contributed by atoms with Crippen LogP contribution in [0.3, 0.4) is 0 Å². The van der Waals surface area contributed by atoms with E-state index < -0.39 is 55.3 Å². The van der Waals surface area contributed by atoms with Crippen LogP contribution in [0.1, 0.15) is 67.2 Å². The first kappa shape index (κ1) is 79.8. The number of carbonyl (C=O) groups excluding carboxylic acids is 4. The van der Waals surface area contributed by atoms with Gasteiger partial charge in [0.2, 0.25) is 0 Å². The number of carboxylic acids is 4. The number of nitrogens with zero attached hydrogens (tertiary/aromatic N) is 4. The fourth-order valence-corrected chi connectivity index (χ4v) is 11.6. The summed E-state index contributed by atoms with van der Waals surface area (Å²) in [5, 5.41) is 41.3. The summed E-state index contributed by atoms with van der Waals surface area (Å²) in [5.41, 5.74) is 2.89. The van der Waals surface area contributed by atoms with Crippen LogP contribution in [-0.4, -0.2) is 33.0 Å². The quantitative estimate of drug-likeness (QED) is 0.0545. The third-order valence-electron chi connectivity index (χ3n) is 8.35. The van der Waals surface area contributed by atoms with Gasteiger partial charge in [-0.15, -0.1) is 0 Å². The van der Waals surface area contributed by atoms with E-state index in [-0.39, 0.29) is 39.0 Å². The monoisotopic (exact) mass is 1380 g/mol. The molecule has 0 aliphatic heterocycles. The Hall–Kier alpha value is -4.69. The van der Waals surface area contributed by atoms with Gasteiger partial charge in [-0.1, -0.05) is 99.5 Å². The van der Waals surface area contributed by atoms with E-state index in [1.165, 1.54) is 58.0 Å². The van der Waals surface area contributed by atoms with Crippen LogP contribution in [-0.2, 0) is 85.3 Å². The summed E-state index contributed by atoms with van der Waals surface area (Å²) in [6.45, 7) is 10.6. The van der Waals surface area contributed by atoms with Gasteiger partial charge in [0.1, 0.15) is 46.0 Å². The minimum Gasteiger partial charge on any atom is 2.00 e. The second-order valence-electron chi connectivity index (χ2n) is 15.7. The van der Waals surface area contributed by atoms with Crippen LogP contribution >= 0.6 is 31.5 Å². The molecular formula is C48H62F12N4O8P4Rh2+2. The van der Waals surface area contributed by atoms with Gasteiger partial charge in [0.15, 0.2) is 15.8 Å². The van der Waals surface area contributed by atoms with Crippen LogP contribution in [0.4, 0.5) is 50.4 Å². The normalized spacial score (nSPS) is 12.0. The summed E-state index contributed by atoms with van der Waals surface area (Å²) in [7, 11) is -19.0. The molecule has 0 amide bonds. The van der Waals surface area contributed by atoms with Crippen molar-refractivity contribution in [3.8, 4) is 0 Å². The molecule has 0 bridgehead atoms. The summed E-state index contributed by atoms with van der Waals surface area (Å²) in [4.78, 5) is 35.6. The number of carboxylic acid groups (broad SMARTS) is 4. The van der Waals surface area contributed by atoms with Gasteiger partial charge in [-0.05, 0) is 89.1 Å². The number of aryl methyl sites for hydroxylation is 4. The Morgan fingerprint density at radius 3 is 0.744 bits per heavy atom. The van der Waals surface area contributed by atoms with Crippen molar-refractivity contribution in [3.05, 3.63) is 146 Å². The molecule has 2 heterocycles. The fraction of sp³-hybridized carbons (Fsp3) is 0.292. The largest absolute Gasteiger partial charge is 2.00 e. The maximum absolute atomic E-state index is 10.7. The van der Waals surface area contributed by atoms with Crippen molar-refractivity contribution in [3.63, 3.8) is 0 Å². The maximum Gasteiger partial charge on any atom is 2.00 e. The third-order valence-corrected chi connectivity index (χ3v) is 14.2. The Labute approximate surface area is 473 Å². The van der Waals surface area contributed by atoms with E-state index in [9.17, 15) is 50.4 Å². The van der Waals surface area contributed by atoms with E-state index in [0.717, 1.165) is 40.8 Å². The van der Waals surface area contributed by atoms with E-state index >= 15 is 0 Å². The first-order chi connectivity index (χ1) is 34.4. The summed E-state index contributed by atoms with van der Waals surface area (Å²) >= 11 is 0. The number of hydrogen-bond acceptors (Lipinski definition) is 8. The molecule has 0 atom stereocenters. The maximum atomic E-state index is 9.87. The van der Waals surface area contributed by atoms with E-state index in [2.05, 4.69) is 192 Å². The molecule has 442 valence electrons. The van der Waals surface area contributed by atoms with Gasteiger partial charge < -0.3 is 39.6 Å². The Bertz CT molecular complexity index is 2340. The molecule has 0 aliphatic rings. The summed E-state index contributed by atoms with van der Waals surface area (Å²) in [6, 6.07) is 43.9. The molecule has 0 unspecified atom stereocenters. The van der Waals surface area contributed by atoms with Gasteiger partial charge >= 0.3 is 116 Å². The average Bonchev–Trinajstić information content (AvgIpc) is 3.81. The summed E-state index contributed by atoms with van der Waals surface area (Å²) in [5.74, 6) is -4.33. The third kappa shape index (κ3) is 48.4. The number of benzene rings is 4. The molecule has 6 aromatic rings. The second-order valence-corrected chi connectivity index (χ2v) is 24.2. The minimum atomic E-state index is -10.7. The standard InChI is InChI=1S/2C20H24N2P.4C2H4O2.2F6P.2Rh/c2*1-3-4-15-22-17-16-21(2)20(22)23(18-11-7-5-8-12-18)19-13-9-6-10-14-19;4*1-2(3)4;2*1-7(2,3,4,5)6;;/h2*5-14,16-17H,3-4,15H2,1-2H3;4*1H3,(H,3,4);;;;/q2*+1;;;;;2*-1;2*+2/p-2. The predicted octanol–water partition coefficient (Wildman–Crippen LogP) is 6.99. The van der Waals surface area contributed by atoms with Gasteiger partial charge in [-0.3, -0.25) is 0 Å². The smallest absolute Gasteiger partial charge is 2.00 e. The molecule has 0 spiro atoms. The molecule has 78 heavy (non-hydrogen) atoms. The van der Waals surface area contributed by atoms with Crippen LogP contribution in [0.2, 0.25) is 0 Å². The second kappa shape index (κ2) is 34.4. The van der Waals surface area contributed by atoms with Crippen molar-refractivity contribution in [1.82, 2.24) is 9.13 Å². The number of imidazole rings is 2. The molecule has 0 N–H and O–H groups in total. The number of unbranched alkanes of at least 4 members (excludes halogenated alkanes) is 2. The van der Waals surface area contributed by atoms with Gasteiger partial charge in [0.05, 0.1) is 27.2 Å². The molecule has 12 nitrogen and oxygen atoms in total.